The van der Waals surface area contributed by atoms with Gasteiger partial charge in [-0.25, -0.2) is 0 Å². The van der Waals surface area contributed by atoms with E-state index in [0.29, 0.717) is 13.2 Å². The zero-order valence-corrected chi connectivity index (χ0v) is 9.62. The van der Waals surface area contributed by atoms with E-state index in [1.165, 1.54) is 0 Å². The van der Waals surface area contributed by atoms with Crippen LogP contribution < -0.4 is 10.5 Å². The average Bonchev–Trinajstić information content (AvgIpc) is 2.82. The van der Waals surface area contributed by atoms with Crippen LogP contribution >= 0.6 is 0 Å². The average molecular weight is 232 g/mol. The molecule has 0 saturated carbocycles. The molecular formula is C12H16N4O. The first-order valence-electron chi connectivity index (χ1n) is 5.65. The van der Waals surface area contributed by atoms with Crippen LogP contribution in [0.4, 0.5) is 0 Å². The van der Waals surface area contributed by atoms with Crippen molar-refractivity contribution in [1.29, 1.82) is 0 Å². The second kappa shape index (κ2) is 6.00. The van der Waals surface area contributed by atoms with Gasteiger partial charge in [0.2, 0.25) is 0 Å². The lowest BCUT2D eigenvalue weighted by molar-refractivity contribution is 0.288. The first-order chi connectivity index (χ1) is 8.40. The Morgan fingerprint density at radius 3 is 2.82 bits per heavy atom. The molecule has 0 aliphatic carbocycles. The molecule has 2 N–H and O–H groups in total. The molecule has 1 heterocycles. The van der Waals surface area contributed by atoms with Crippen molar-refractivity contribution in [3.05, 3.63) is 42.5 Å². The van der Waals surface area contributed by atoms with E-state index in [2.05, 4.69) is 10.2 Å². The molecule has 0 atom stereocenters. The molecule has 0 fully saturated rings. The van der Waals surface area contributed by atoms with Crippen molar-refractivity contribution in [1.82, 2.24) is 14.8 Å². The number of rotatable bonds is 6. The monoisotopic (exact) mass is 232 g/mol. The maximum Gasteiger partial charge on any atom is 0.170 e. The van der Waals surface area contributed by atoms with Gasteiger partial charge in [0, 0.05) is 6.54 Å². The fraction of sp³-hybridized carbons (Fsp3) is 0.333. The lowest BCUT2D eigenvalue weighted by atomic mass is 10.3. The summed E-state index contributed by atoms with van der Waals surface area (Å²) in [5, 5.41) is 7.91. The summed E-state index contributed by atoms with van der Waals surface area (Å²) in [7, 11) is 0. The highest BCUT2D eigenvalue weighted by Gasteiger charge is 2.04. The van der Waals surface area contributed by atoms with Crippen LogP contribution in [0.25, 0.3) is 0 Å². The SMILES string of the molecule is NCCCn1cnnc1COc1ccccc1. The quantitative estimate of drug-likeness (QED) is 0.812. The number of hydrogen-bond donors (Lipinski definition) is 1. The number of hydrogen-bond acceptors (Lipinski definition) is 4. The predicted molar refractivity (Wildman–Crippen MR) is 64.5 cm³/mol. The Labute approximate surface area is 100 Å². The molecule has 0 radical (unpaired) electrons. The Morgan fingerprint density at radius 2 is 2.06 bits per heavy atom. The lowest BCUT2D eigenvalue weighted by Crippen LogP contribution is -2.10. The predicted octanol–water partition coefficient (Wildman–Crippen LogP) is 1.21. The van der Waals surface area contributed by atoms with Crippen LogP contribution in [0.5, 0.6) is 5.75 Å². The molecule has 0 saturated heterocycles. The van der Waals surface area contributed by atoms with Gasteiger partial charge in [0.1, 0.15) is 18.7 Å². The van der Waals surface area contributed by atoms with Gasteiger partial charge in [-0.05, 0) is 25.1 Å². The van der Waals surface area contributed by atoms with Gasteiger partial charge in [0.25, 0.3) is 0 Å². The third-order valence-electron chi connectivity index (χ3n) is 2.41. The molecule has 0 aliphatic rings. The second-order valence-corrected chi connectivity index (χ2v) is 3.68. The number of nitrogens with zero attached hydrogens (tertiary/aromatic N) is 3. The topological polar surface area (TPSA) is 66.0 Å². The number of ether oxygens (including phenoxy) is 1. The summed E-state index contributed by atoms with van der Waals surface area (Å²) in [5.74, 6) is 1.66. The Bertz CT molecular complexity index is 441. The van der Waals surface area contributed by atoms with Crippen LogP contribution in [0.2, 0.25) is 0 Å². The summed E-state index contributed by atoms with van der Waals surface area (Å²) in [5.41, 5.74) is 5.47. The molecule has 1 aromatic heterocycles. The van der Waals surface area contributed by atoms with Gasteiger partial charge < -0.3 is 15.0 Å². The fourth-order valence-electron chi connectivity index (χ4n) is 1.50. The minimum Gasteiger partial charge on any atom is -0.486 e. The third-order valence-corrected chi connectivity index (χ3v) is 2.41. The van der Waals surface area contributed by atoms with Crippen LogP contribution in [0.1, 0.15) is 12.2 Å². The zero-order valence-electron chi connectivity index (χ0n) is 9.62. The molecule has 5 nitrogen and oxygen atoms in total. The number of aromatic nitrogens is 3. The maximum atomic E-state index is 5.62. The van der Waals surface area contributed by atoms with E-state index in [9.17, 15) is 0 Å². The maximum absolute atomic E-state index is 5.62. The first kappa shape index (κ1) is 11.6. The van der Waals surface area contributed by atoms with Crippen molar-refractivity contribution in [2.75, 3.05) is 6.54 Å². The van der Waals surface area contributed by atoms with Gasteiger partial charge in [-0.2, -0.15) is 0 Å². The van der Waals surface area contributed by atoms with Gasteiger partial charge in [0.05, 0.1) is 0 Å². The van der Waals surface area contributed by atoms with Crippen LogP contribution in [0, 0.1) is 0 Å². The summed E-state index contributed by atoms with van der Waals surface area (Å²) in [4.78, 5) is 0. The van der Waals surface area contributed by atoms with Gasteiger partial charge in [-0.3, -0.25) is 0 Å². The molecule has 2 aromatic rings. The number of aryl methyl sites for hydroxylation is 1. The summed E-state index contributed by atoms with van der Waals surface area (Å²) >= 11 is 0. The van der Waals surface area contributed by atoms with Gasteiger partial charge in [0.15, 0.2) is 5.82 Å². The normalized spacial score (nSPS) is 10.4. The van der Waals surface area contributed by atoms with Crippen LogP contribution in [0.15, 0.2) is 36.7 Å². The van der Waals surface area contributed by atoms with Crippen molar-refractivity contribution < 1.29 is 4.74 Å². The molecule has 0 bridgehead atoms. The molecule has 1 aromatic carbocycles. The molecular weight excluding hydrogens is 216 g/mol. The number of nitrogens with two attached hydrogens (primary N) is 1. The molecule has 90 valence electrons. The fourth-order valence-corrected chi connectivity index (χ4v) is 1.50. The summed E-state index contributed by atoms with van der Waals surface area (Å²) in [6.07, 6.45) is 2.62. The highest BCUT2D eigenvalue weighted by Crippen LogP contribution is 2.10. The Balaban J connectivity index is 1.92. The van der Waals surface area contributed by atoms with Crippen molar-refractivity contribution in [2.24, 2.45) is 5.73 Å². The minimum atomic E-state index is 0.425. The van der Waals surface area contributed by atoms with E-state index >= 15 is 0 Å². The third kappa shape index (κ3) is 3.29. The highest BCUT2D eigenvalue weighted by molar-refractivity contribution is 5.20. The number of benzene rings is 1. The Morgan fingerprint density at radius 1 is 1.24 bits per heavy atom. The van der Waals surface area contributed by atoms with Crippen LogP contribution in [-0.4, -0.2) is 21.3 Å². The minimum absolute atomic E-state index is 0.425. The smallest absolute Gasteiger partial charge is 0.170 e. The van der Waals surface area contributed by atoms with Crippen LogP contribution in [-0.2, 0) is 13.2 Å². The summed E-state index contributed by atoms with van der Waals surface area (Å²) < 4.78 is 7.58. The lowest BCUT2D eigenvalue weighted by Gasteiger charge is -2.07. The van der Waals surface area contributed by atoms with E-state index in [4.69, 9.17) is 10.5 Å². The molecule has 17 heavy (non-hydrogen) atoms. The Kier molecular flexibility index (Phi) is 4.10. The van der Waals surface area contributed by atoms with Crippen LogP contribution in [0.3, 0.4) is 0 Å². The molecule has 0 spiro atoms. The van der Waals surface area contributed by atoms with Gasteiger partial charge in [-0.1, -0.05) is 18.2 Å². The second-order valence-electron chi connectivity index (χ2n) is 3.68. The largest absolute Gasteiger partial charge is 0.486 e. The van der Waals surface area contributed by atoms with E-state index in [0.717, 1.165) is 24.5 Å². The van der Waals surface area contributed by atoms with E-state index in [1.807, 2.05) is 34.9 Å². The standard InChI is InChI=1S/C12H16N4O/c13-7-4-8-16-10-14-15-12(16)9-17-11-5-2-1-3-6-11/h1-3,5-6,10H,4,7-9,13H2. The zero-order chi connectivity index (χ0) is 11.9. The molecule has 2 rings (SSSR count). The first-order valence-corrected chi connectivity index (χ1v) is 5.65. The number of para-hydroxylation sites is 1. The summed E-state index contributed by atoms with van der Waals surface area (Å²) in [6.45, 7) is 1.92. The van der Waals surface area contributed by atoms with Crippen molar-refractivity contribution in [3.8, 4) is 5.75 Å². The van der Waals surface area contributed by atoms with Gasteiger partial charge in [-0.15, -0.1) is 10.2 Å². The molecule has 0 amide bonds. The van der Waals surface area contributed by atoms with Crippen molar-refractivity contribution in [2.45, 2.75) is 19.6 Å². The molecule has 5 heteroatoms. The van der Waals surface area contributed by atoms with Crippen molar-refractivity contribution >= 4 is 0 Å². The molecule has 0 aliphatic heterocycles. The van der Waals surface area contributed by atoms with Gasteiger partial charge >= 0.3 is 0 Å². The Hall–Kier alpha value is -1.88. The van der Waals surface area contributed by atoms with E-state index in [-0.39, 0.29) is 0 Å². The van der Waals surface area contributed by atoms with E-state index < -0.39 is 0 Å². The molecule has 0 unspecified atom stereocenters. The highest BCUT2D eigenvalue weighted by atomic mass is 16.5. The summed E-state index contributed by atoms with van der Waals surface area (Å²) in [6, 6.07) is 9.67. The van der Waals surface area contributed by atoms with E-state index in [1.54, 1.807) is 6.33 Å². The van der Waals surface area contributed by atoms with Crippen molar-refractivity contribution in [3.63, 3.8) is 0 Å².